The van der Waals surface area contributed by atoms with Crippen LogP contribution in [0, 0.1) is 0 Å². The van der Waals surface area contributed by atoms with Gasteiger partial charge in [0, 0.05) is 6.54 Å². The van der Waals surface area contributed by atoms with Crippen molar-refractivity contribution in [3.05, 3.63) is 23.7 Å². The van der Waals surface area contributed by atoms with Crippen LogP contribution in [0.25, 0.3) is 0 Å². The molecule has 0 spiro atoms. The molecule has 1 aliphatic carbocycles. The minimum Gasteiger partial charge on any atom is -0.454 e. The van der Waals surface area contributed by atoms with Crippen LogP contribution in [0.2, 0.25) is 0 Å². The van der Waals surface area contributed by atoms with Crippen LogP contribution in [0.4, 0.5) is 0 Å². The molecule has 2 N–H and O–H groups in total. The van der Waals surface area contributed by atoms with Crippen molar-refractivity contribution >= 4 is 5.91 Å². The Balaban J connectivity index is 1.55. The highest BCUT2D eigenvalue weighted by molar-refractivity contribution is 5.91. The van der Waals surface area contributed by atoms with Gasteiger partial charge in [0.2, 0.25) is 0 Å². The lowest BCUT2D eigenvalue weighted by atomic mass is 9.85. The Labute approximate surface area is 144 Å². The van der Waals surface area contributed by atoms with E-state index in [9.17, 15) is 9.90 Å². The number of nitrogens with zero attached hydrogens (tertiary/aromatic N) is 1. The van der Waals surface area contributed by atoms with E-state index in [1.165, 1.54) is 25.7 Å². The Morgan fingerprint density at radius 3 is 2.58 bits per heavy atom. The molecule has 1 atom stereocenters. The van der Waals surface area contributed by atoms with E-state index in [1.54, 1.807) is 6.07 Å². The molecule has 2 fully saturated rings. The third kappa shape index (κ3) is 4.19. The zero-order valence-electron chi connectivity index (χ0n) is 14.7. The van der Waals surface area contributed by atoms with Gasteiger partial charge >= 0.3 is 0 Å². The molecule has 3 rings (SSSR count). The van der Waals surface area contributed by atoms with Crippen molar-refractivity contribution in [2.24, 2.45) is 0 Å². The standard InChI is InChI=1S/C19H30N2O3/c1-15(21-12-6-3-7-13-21)16-8-9-17(24-16)18(22)20-14-19(23)10-4-2-5-11-19/h8-9,15,23H,2-7,10-14H2,1H3,(H,20,22)/t15-/m0/s1. The predicted molar refractivity (Wildman–Crippen MR) is 92.9 cm³/mol. The molecule has 1 saturated carbocycles. The van der Waals surface area contributed by atoms with Crippen LogP contribution in [0.3, 0.4) is 0 Å². The smallest absolute Gasteiger partial charge is 0.287 e. The van der Waals surface area contributed by atoms with Crippen LogP contribution < -0.4 is 5.32 Å². The van der Waals surface area contributed by atoms with E-state index in [-0.39, 0.29) is 11.9 Å². The van der Waals surface area contributed by atoms with Crippen molar-refractivity contribution in [2.75, 3.05) is 19.6 Å². The topological polar surface area (TPSA) is 65.7 Å². The number of piperidine rings is 1. The third-order valence-corrected chi connectivity index (χ3v) is 5.56. The summed E-state index contributed by atoms with van der Waals surface area (Å²) in [4.78, 5) is 14.7. The molecule has 134 valence electrons. The van der Waals surface area contributed by atoms with Gasteiger partial charge in [-0.3, -0.25) is 9.69 Å². The molecule has 2 aliphatic rings. The van der Waals surface area contributed by atoms with E-state index in [0.717, 1.165) is 44.5 Å². The Hall–Kier alpha value is -1.33. The van der Waals surface area contributed by atoms with Gasteiger partial charge in [-0.1, -0.05) is 25.7 Å². The van der Waals surface area contributed by atoms with Gasteiger partial charge in [-0.05, 0) is 57.8 Å². The fraction of sp³-hybridized carbons (Fsp3) is 0.737. The predicted octanol–water partition coefficient (Wildman–Crippen LogP) is 3.25. The number of rotatable bonds is 5. The Morgan fingerprint density at radius 2 is 1.88 bits per heavy atom. The summed E-state index contributed by atoms with van der Waals surface area (Å²) in [5, 5.41) is 13.3. The third-order valence-electron chi connectivity index (χ3n) is 5.56. The number of furan rings is 1. The van der Waals surface area contributed by atoms with Crippen molar-refractivity contribution in [3.63, 3.8) is 0 Å². The zero-order chi connectivity index (χ0) is 17.0. The van der Waals surface area contributed by atoms with E-state index in [2.05, 4.69) is 17.1 Å². The van der Waals surface area contributed by atoms with Crippen molar-refractivity contribution in [2.45, 2.75) is 69.9 Å². The number of aliphatic hydroxyl groups is 1. The molecule has 0 unspecified atom stereocenters. The van der Waals surface area contributed by atoms with Crippen molar-refractivity contribution in [1.29, 1.82) is 0 Å². The summed E-state index contributed by atoms with van der Waals surface area (Å²) in [5.74, 6) is 0.956. The van der Waals surface area contributed by atoms with Crippen molar-refractivity contribution < 1.29 is 14.3 Å². The van der Waals surface area contributed by atoms with E-state index in [1.807, 2.05) is 6.07 Å². The lowest BCUT2D eigenvalue weighted by Crippen LogP contribution is -2.44. The molecular weight excluding hydrogens is 304 g/mol. The molecule has 5 heteroatoms. The second kappa shape index (κ2) is 7.70. The van der Waals surface area contributed by atoms with E-state index >= 15 is 0 Å². The molecule has 5 nitrogen and oxygen atoms in total. The average molecular weight is 334 g/mol. The molecule has 0 bridgehead atoms. The molecule has 1 aromatic rings. The Kier molecular flexibility index (Phi) is 5.61. The van der Waals surface area contributed by atoms with Gasteiger partial charge in [0.25, 0.3) is 5.91 Å². The molecule has 0 radical (unpaired) electrons. The quantitative estimate of drug-likeness (QED) is 0.867. The van der Waals surface area contributed by atoms with Gasteiger partial charge in [-0.25, -0.2) is 0 Å². The first-order valence-electron chi connectivity index (χ1n) is 9.42. The lowest BCUT2D eigenvalue weighted by molar-refractivity contribution is 0.00499. The first-order chi connectivity index (χ1) is 11.6. The van der Waals surface area contributed by atoms with Crippen LogP contribution in [-0.4, -0.2) is 41.1 Å². The maximum absolute atomic E-state index is 12.3. The van der Waals surface area contributed by atoms with Crippen LogP contribution in [0.1, 0.15) is 80.6 Å². The number of carbonyl (C=O) groups is 1. The number of nitrogens with one attached hydrogen (secondary N) is 1. The van der Waals surface area contributed by atoms with E-state index < -0.39 is 5.60 Å². The average Bonchev–Trinajstić information content (AvgIpc) is 3.11. The summed E-state index contributed by atoms with van der Waals surface area (Å²) in [7, 11) is 0. The van der Waals surface area contributed by atoms with Gasteiger partial charge in [-0.2, -0.15) is 0 Å². The van der Waals surface area contributed by atoms with E-state index in [4.69, 9.17) is 4.42 Å². The molecule has 1 aliphatic heterocycles. The number of likely N-dealkylation sites (tertiary alicyclic amines) is 1. The molecule has 1 saturated heterocycles. The SMILES string of the molecule is C[C@@H](c1ccc(C(=O)NCC2(O)CCCCC2)o1)N1CCCCC1. The molecule has 2 heterocycles. The fourth-order valence-corrected chi connectivity index (χ4v) is 3.90. The summed E-state index contributed by atoms with van der Waals surface area (Å²) < 4.78 is 5.80. The van der Waals surface area contributed by atoms with E-state index in [0.29, 0.717) is 12.3 Å². The molecule has 1 amide bonds. The van der Waals surface area contributed by atoms with Crippen LogP contribution in [-0.2, 0) is 0 Å². The highest BCUT2D eigenvalue weighted by Gasteiger charge is 2.30. The Bertz CT molecular complexity index is 543. The minimum absolute atomic E-state index is 0.203. The Morgan fingerprint density at radius 1 is 1.21 bits per heavy atom. The van der Waals surface area contributed by atoms with Crippen molar-refractivity contribution in [1.82, 2.24) is 10.2 Å². The van der Waals surface area contributed by atoms with Crippen LogP contribution >= 0.6 is 0 Å². The van der Waals surface area contributed by atoms with Gasteiger partial charge < -0.3 is 14.8 Å². The number of hydrogen-bond acceptors (Lipinski definition) is 4. The molecular formula is C19H30N2O3. The summed E-state index contributed by atoms with van der Waals surface area (Å²) in [6.07, 6.45) is 8.54. The number of amides is 1. The molecule has 24 heavy (non-hydrogen) atoms. The highest BCUT2D eigenvalue weighted by Crippen LogP contribution is 2.28. The largest absolute Gasteiger partial charge is 0.454 e. The maximum atomic E-state index is 12.3. The van der Waals surface area contributed by atoms with Gasteiger partial charge in [-0.15, -0.1) is 0 Å². The second-order valence-electron chi connectivity index (χ2n) is 7.44. The summed E-state index contributed by atoms with van der Waals surface area (Å²) >= 11 is 0. The lowest BCUT2D eigenvalue weighted by Gasteiger charge is -2.32. The van der Waals surface area contributed by atoms with Crippen LogP contribution in [0.5, 0.6) is 0 Å². The highest BCUT2D eigenvalue weighted by atomic mass is 16.4. The summed E-state index contributed by atoms with van der Waals surface area (Å²) in [6.45, 7) is 4.63. The minimum atomic E-state index is -0.746. The maximum Gasteiger partial charge on any atom is 0.287 e. The van der Waals surface area contributed by atoms with Crippen LogP contribution in [0.15, 0.2) is 16.5 Å². The number of hydrogen-bond donors (Lipinski definition) is 2. The summed E-state index contributed by atoms with van der Waals surface area (Å²) in [6, 6.07) is 3.86. The molecule has 1 aromatic heterocycles. The van der Waals surface area contributed by atoms with Gasteiger partial charge in [0.1, 0.15) is 5.76 Å². The first-order valence-corrected chi connectivity index (χ1v) is 9.42. The van der Waals surface area contributed by atoms with Gasteiger partial charge in [0.05, 0.1) is 11.6 Å². The summed E-state index contributed by atoms with van der Waals surface area (Å²) in [5.41, 5.74) is -0.746. The monoisotopic (exact) mass is 334 g/mol. The normalized spacial score (nSPS) is 22.9. The van der Waals surface area contributed by atoms with Gasteiger partial charge in [0.15, 0.2) is 5.76 Å². The fourth-order valence-electron chi connectivity index (χ4n) is 3.90. The van der Waals surface area contributed by atoms with Crippen molar-refractivity contribution in [3.8, 4) is 0 Å². The number of carbonyl (C=O) groups excluding carboxylic acids is 1. The zero-order valence-corrected chi connectivity index (χ0v) is 14.7. The second-order valence-corrected chi connectivity index (χ2v) is 7.44. The molecule has 0 aromatic carbocycles. The first kappa shape index (κ1) is 17.5.